The highest BCUT2D eigenvalue weighted by molar-refractivity contribution is 5.68. The van der Waals surface area contributed by atoms with Gasteiger partial charge in [0, 0.05) is 13.1 Å². The van der Waals surface area contributed by atoms with Gasteiger partial charge in [-0.1, -0.05) is 0 Å². The smallest absolute Gasteiger partial charge is 0.410 e. The minimum atomic E-state index is -0.400. The zero-order chi connectivity index (χ0) is 12.0. The Morgan fingerprint density at radius 2 is 2.25 bits per heavy atom. The van der Waals surface area contributed by atoms with Gasteiger partial charge in [-0.25, -0.2) is 4.79 Å². The number of ether oxygens (including phenoxy) is 1. The Balaban J connectivity index is 1.87. The molecule has 0 unspecified atom stereocenters. The quantitative estimate of drug-likeness (QED) is 0.738. The van der Waals surface area contributed by atoms with Crippen LogP contribution in [-0.4, -0.2) is 36.2 Å². The molecule has 0 spiro atoms. The molecule has 2 aliphatic rings. The summed E-state index contributed by atoms with van der Waals surface area (Å²) in [4.78, 5) is 13.7. The molecule has 0 bridgehead atoms. The second-order valence-electron chi connectivity index (χ2n) is 6.14. The molecule has 2 fully saturated rings. The van der Waals surface area contributed by atoms with E-state index < -0.39 is 5.60 Å². The lowest BCUT2D eigenvalue weighted by Gasteiger charge is -2.32. The first-order valence-corrected chi connectivity index (χ1v) is 6.04. The van der Waals surface area contributed by atoms with E-state index in [4.69, 9.17) is 10.5 Å². The van der Waals surface area contributed by atoms with Crippen LogP contribution in [0.15, 0.2) is 0 Å². The maximum absolute atomic E-state index is 11.8. The minimum Gasteiger partial charge on any atom is -0.444 e. The molecule has 4 nitrogen and oxygen atoms in total. The maximum Gasteiger partial charge on any atom is 0.410 e. The number of piperidine rings is 1. The number of amides is 1. The molecule has 0 radical (unpaired) electrons. The average Bonchev–Trinajstić information content (AvgIpc) is 2.88. The Hall–Kier alpha value is -0.770. The highest BCUT2D eigenvalue weighted by atomic mass is 16.6. The van der Waals surface area contributed by atoms with Crippen LogP contribution in [0.5, 0.6) is 0 Å². The van der Waals surface area contributed by atoms with Gasteiger partial charge in [-0.15, -0.1) is 0 Å². The highest BCUT2D eigenvalue weighted by Crippen LogP contribution is 2.57. The summed E-state index contributed by atoms with van der Waals surface area (Å²) in [5.41, 5.74) is 5.73. The van der Waals surface area contributed by atoms with Crippen LogP contribution in [0.1, 0.15) is 33.6 Å². The minimum absolute atomic E-state index is 0.176. The summed E-state index contributed by atoms with van der Waals surface area (Å²) in [6, 6.07) is 0. The number of carbonyl (C=O) groups is 1. The molecule has 2 N–H and O–H groups in total. The van der Waals surface area contributed by atoms with Crippen LogP contribution in [0.25, 0.3) is 0 Å². The van der Waals surface area contributed by atoms with Gasteiger partial charge in [0.25, 0.3) is 0 Å². The Bertz CT molecular complexity index is 298. The van der Waals surface area contributed by atoms with Crippen molar-refractivity contribution in [3.05, 3.63) is 0 Å². The number of rotatable bonds is 1. The third-order valence-corrected chi connectivity index (χ3v) is 3.74. The van der Waals surface area contributed by atoms with Crippen molar-refractivity contribution in [2.45, 2.75) is 39.2 Å². The second-order valence-corrected chi connectivity index (χ2v) is 6.14. The van der Waals surface area contributed by atoms with E-state index >= 15 is 0 Å². The van der Waals surface area contributed by atoms with Gasteiger partial charge in [0.05, 0.1) is 0 Å². The van der Waals surface area contributed by atoms with Crippen molar-refractivity contribution in [1.29, 1.82) is 0 Å². The van der Waals surface area contributed by atoms with Gasteiger partial charge in [-0.3, -0.25) is 0 Å². The molecule has 2 rings (SSSR count). The molecular weight excluding hydrogens is 204 g/mol. The molecule has 1 amide bonds. The largest absolute Gasteiger partial charge is 0.444 e. The van der Waals surface area contributed by atoms with Crippen LogP contribution in [0.3, 0.4) is 0 Å². The molecule has 1 saturated carbocycles. The fourth-order valence-electron chi connectivity index (χ4n) is 2.56. The molecule has 1 heterocycles. The lowest BCUT2D eigenvalue weighted by molar-refractivity contribution is 0.0180. The Kier molecular flexibility index (Phi) is 2.65. The van der Waals surface area contributed by atoms with Crippen molar-refractivity contribution in [2.75, 3.05) is 19.6 Å². The van der Waals surface area contributed by atoms with Crippen LogP contribution in [0.2, 0.25) is 0 Å². The number of fused-ring (bicyclic) bond motifs is 1. The van der Waals surface area contributed by atoms with Crippen LogP contribution in [0.4, 0.5) is 4.79 Å². The molecule has 4 heteroatoms. The summed E-state index contributed by atoms with van der Waals surface area (Å²) in [6.07, 6.45) is 2.04. The summed E-state index contributed by atoms with van der Waals surface area (Å²) in [5, 5.41) is 0. The normalized spacial score (nSPS) is 33.2. The average molecular weight is 226 g/mol. The zero-order valence-corrected chi connectivity index (χ0v) is 10.5. The third kappa shape index (κ3) is 2.17. The van der Waals surface area contributed by atoms with Crippen molar-refractivity contribution in [3.8, 4) is 0 Å². The Labute approximate surface area is 97.1 Å². The predicted molar refractivity (Wildman–Crippen MR) is 62.0 cm³/mol. The highest BCUT2D eigenvalue weighted by Gasteiger charge is 2.56. The van der Waals surface area contributed by atoms with Crippen LogP contribution < -0.4 is 5.73 Å². The van der Waals surface area contributed by atoms with Gasteiger partial charge >= 0.3 is 6.09 Å². The SMILES string of the molecule is CC(C)(C)OC(=O)N1CC[C@]2(CN)C[C@@H]2C1. The van der Waals surface area contributed by atoms with Gasteiger partial charge in [0.1, 0.15) is 5.60 Å². The number of nitrogens with zero attached hydrogens (tertiary/aromatic N) is 1. The molecule has 2 atom stereocenters. The van der Waals surface area contributed by atoms with Gasteiger partial charge in [0.2, 0.25) is 0 Å². The van der Waals surface area contributed by atoms with E-state index in [2.05, 4.69) is 0 Å². The first kappa shape index (κ1) is 11.7. The molecule has 0 aromatic carbocycles. The third-order valence-electron chi connectivity index (χ3n) is 3.74. The van der Waals surface area contributed by atoms with E-state index in [9.17, 15) is 4.79 Å². The van der Waals surface area contributed by atoms with Crippen LogP contribution in [0, 0.1) is 11.3 Å². The molecule has 1 aliphatic heterocycles. The van der Waals surface area contributed by atoms with Crippen molar-refractivity contribution in [1.82, 2.24) is 4.90 Å². The Morgan fingerprint density at radius 1 is 1.56 bits per heavy atom. The lowest BCUT2D eigenvalue weighted by Crippen LogP contribution is -2.43. The van der Waals surface area contributed by atoms with Gasteiger partial charge < -0.3 is 15.4 Å². The number of hydrogen-bond acceptors (Lipinski definition) is 3. The van der Waals surface area contributed by atoms with Crippen molar-refractivity contribution < 1.29 is 9.53 Å². The molecule has 0 aromatic heterocycles. The molecule has 1 aliphatic carbocycles. The molecule has 16 heavy (non-hydrogen) atoms. The van der Waals surface area contributed by atoms with Gasteiger partial charge in [-0.2, -0.15) is 0 Å². The molecule has 92 valence electrons. The van der Waals surface area contributed by atoms with E-state index in [0.29, 0.717) is 11.3 Å². The van der Waals surface area contributed by atoms with Crippen molar-refractivity contribution >= 4 is 6.09 Å². The van der Waals surface area contributed by atoms with Crippen molar-refractivity contribution in [2.24, 2.45) is 17.1 Å². The van der Waals surface area contributed by atoms with Gasteiger partial charge in [-0.05, 0) is 51.5 Å². The number of nitrogens with two attached hydrogens (primary N) is 1. The summed E-state index contributed by atoms with van der Waals surface area (Å²) < 4.78 is 5.37. The summed E-state index contributed by atoms with van der Waals surface area (Å²) in [5.74, 6) is 0.610. The molecule has 1 saturated heterocycles. The number of carbonyl (C=O) groups excluding carboxylic acids is 1. The first-order valence-electron chi connectivity index (χ1n) is 6.04. The molecule has 0 aromatic rings. The van der Waals surface area contributed by atoms with E-state index in [-0.39, 0.29) is 6.09 Å². The lowest BCUT2D eigenvalue weighted by atomic mass is 9.96. The van der Waals surface area contributed by atoms with E-state index in [1.807, 2.05) is 25.7 Å². The fraction of sp³-hybridized carbons (Fsp3) is 0.917. The first-order chi connectivity index (χ1) is 7.36. The zero-order valence-electron chi connectivity index (χ0n) is 10.5. The van der Waals surface area contributed by atoms with E-state index in [0.717, 1.165) is 26.1 Å². The van der Waals surface area contributed by atoms with Gasteiger partial charge in [0.15, 0.2) is 0 Å². The summed E-state index contributed by atoms with van der Waals surface area (Å²) in [6.45, 7) is 8.08. The van der Waals surface area contributed by atoms with E-state index in [1.54, 1.807) is 0 Å². The van der Waals surface area contributed by atoms with Crippen LogP contribution in [-0.2, 0) is 4.74 Å². The van der Waals surface area contributed by atoms with E-state index in [1.165, 1.54) is 6.42 Å². The maximum atomic E-state index is 11.8. The van der Waals surface area contributed by atoms with Crippen molar-refractivity contribution in [3.63, 3.8) is 0 Å². The fourth-order valence-corrected chi connectivity index (χ4v) is 2.56. The number of hydrogen-bond donors (Lipinski definition) is 1. The second kappa shape index (κ2) is 3.62. The Morgan fingerprint density at radius 3 is 2.75 bits per heavy atom. The summed E-state index contributed by atoms with van der Waals surface area (Å²) >= 11 is 0. The standard InChI is InChI=1S/C12H22N2O2/c1-11(2,3)16-10(15)14-5-4-12(8-13)6-9(12)7-14/h9H,4-8,13H2,1-3H3/t9-,12-/m1/s1. The van der Waals surface area contributed by atoms with Crippen LogP contribution >= 0.6 is 0 Å². The number of likely N-dealkylation sites (tertiary alicyclic amines) is 1. The monoisotopic (exact) mass is 226 g/mol. The predicted octanol–water partition coefficient (Wildman–Crippen LogP) is 1.59. The summed E-state index contributed by atoms with van der Waals surface area (Å²) in [7, 11) is 0. The topological polar surface area (TPSA) is 55.6 Å². The molecular formula is C12H22N2O2.